The Morgan fingerprint density at radius 2 is 1.69 bits per heavy atom. The summed E-state index contributed by atoms with van der Waals surface area (Å²) in [5.41, 5.74) is 0. The summed E-state index contributed by atoms with van der Waals surface area (Å²) in [6.07, 6.45) is 1.61. The van der Waals surface area contributed by atoms with Gasteiger partial charge in [-0.3, -0.25) is 9.80 Å². The van der Waals surface area contributed by atoms with Crippen LogP contribution < -0.4 is 0 Å². The number of carboxylic acids is 1. The van der Waals surface area contributed by atoms with Crippen molar-refractivity contribution in [3.8, 4) is 0 Å². The van der Waals surface area contributed by atoms with Crippen LogP contribution in [0.15, 0.2) is 12.2 Å². The van der Waals surface area contributed by atoms with Crippen molar-refractivity contribution >= 4 is 11.9 Å². The molecule has 0 fully saturated rings. The molecule has 0 unspecified atom stereocenters. The van der Waals surface area contributed by atoms with E-state index in [4.69, 9.17) is 9.84 Å². The van der Waals surface area contributed by atoms with E-state index in [2.05, 4.69) is 0 Å². The SMILES string of the molecule is CN(C)C(COC(=O)/C=C/C(=O)O)N(C)C. The zero-order valence-electron chi connectivity index (χ0n) is 10.0. The van der Waals surface area contributed by atoms with Crippen LogP contribution in [0.2, 0.25) is 0 Å². The maximum atomic E-state index is 11.1. The third-order valence-corrected chi connectivity index (χ3v) is 1.93. The van der Waals surface area contributed by atoms with E-state index in [1.807, 2.05) is 38.0 Å². The molecule has 1 N–H and O–H groups in total. The Morgan fingerprint density at radius 1 is 1.19 bits per heavy atom. The molecule has 6 heteroatoms. The summed E-state index contributed by atoms with van der Waals surface area (Å²) in [5.74, 6) is -1.83. The second kappa shape index (κ2) is 6.97. The van der Waals surface area contributed by atoms with Gasteiger partial charge in [-0.1, -0.05) is 0 Å². The highest BCUT2D eigenvalue weighted by atomic mass is 16.5. The predicted molar refractivity (Wildman–Crippen MR) is 58.9 cm³/mol. The second-order valence-electron chi connectivity index (χ2n) is 3.71. The topological polar surface area (TPSA) is 70.1 Å². The molecule has 0 aliphatic rings. The summed E-state index contributed by atoms with van der Waals surface area (Å²) in [6.45, 7) is 0.183. The Bertz CT molecular complexity index is 266. The first-order valence-electron chi connectivity index (χ1n) is 4.75. The molecule has 0 atom stereocenters. The van der Waals surface area contributed by atoms with Gasteiger partial charge in [-0.2, -0.15) is 0 Å². The van der Waals surface area contributed by atoms with E-state index in [1.165, 1.54) is 0 Å². The fourth-order valence-corrected chi connectivity index (χ4v) is 1.10. The third-order valence-electron chi connectivity index (χ3n) is 1.93. The molecule has 0 amide bonds. The number of hydrogen-bond acceptors (Lipinski definition) is 5. The Morgan fingerprint density at radius 3 is 2.06 bits per heavy atom. The third kappa shape index (κ3) is 6.15. The van der Waals surface area contributed by atoms with Gasteiger partial charge in [-0.25, -0.2) is 9.59 Å². The van der Waals surface area contributed by atoms with Crippen molar-refractivity contribution in [2.45, 2.75) is 6.17 Å². The molecule has 0 aliphatic carbocycles. The Balaban J connectivity index is 4.11. The van der Waals surface area contributed by atoms with Gasteiger partial charge < -0.3 is 9.84 Å². The Kier molecular flexibility index (Phi) is 6.36. The normalized spacial score (nSPS) is 11.7. The number of carbonyl (C=O) groups excluding carboxylic acids is 1. The summed E-state index contributed by atoms with van der Waals surface area (Å²) >= 11 is 0. The highest BCUT2D eigenvalue weighted by molar-refractivity contribution is 5.90. The molecule has 16 heavy (non-hydrogen) atoms. The number of aliphatic carboxylic acids is 1. The molecule has 0 radical (unpaired) electrons. The first-order chi connectivity index (χ1) is 7.34. The summed E-state index contributed by atoms with van der Waals surface area (Å²) in [6, 6.07) is 0. The summed E-state index contributed by atoms with van der Waals surface area (Å²) in [5, 5.41) is 8.31. The van der Waals surface area contributed by atoms with E-state index in [0.29, 0.717) is 0 Å². The molecule has 0 aromatic rings. The number of esters is 1. The van der Waals surface area contributed by atoms with Crippen LogP contribution >= 0.6 is 0 Å². The first-order valence-corrected chi connectivity index (χ1v) is 4.75. The molecule has 0 rings (SSSR count). The lowest BCUT2D eigenvalue weighted by Crippen LogP contribution is -2.44. The van der Waals surface area contributed by atoms with Gasteiger partial charge in [0.2, 0.25) is 0 Å². The van der Waals surface area contributed by atoms with E-state index in [9.17, 15) is 9.59 Å². The van der Waals surface area contributed by atoms with Gasteiger partial charge in [-0.05, 0) is 28.2 Å². The van der Waals surface area contributed by atoms with Crippen molar-refractivity contribution in [3.05, 3.63) is 12.2 Å². The number of carbonyl (C=O) groups is 2. The summed E-state index contributed by atoms with van der Waals surface area (Å²) in [4.78, 5) is 25.0. The van der Waals surface area contributed by atoms with E-state index in [0.717, 1.165) is 12.2 Å². The maximum Gasteiger partial charge on any atom is 0.331 e. The van der Waals surface area contributed by atoms with Crippen LogP contribution in [-0.2, 0) is 14.3 Å². The number of ether oxygens (including phenoxy) is 1. The van der Waals surface area contributed by atoms with Gasteiger partial charge in [-0.15, -0.1) is 0 Å². The quantitative estimate of drug-likeness (QED) is 0.381. The van der Waals surface area contributed by atoms with E-state index in [-0.39, 0.29) is 12.8 Å². The van der Waals surface area contributed by atoms with Crippen molar-refractivity contribution in [3.63, 3.8) is 0 Å². The molecule has 0 aliphatic heterocycles. The zero-order valence-corrected chi connectivity index (χ0v) is 10.0. The summed E-state index contributed by atoms with van der Waals surface area (Å²) in [7, 11) is 7.47. The average molecular weight is 230 g/mol. The minimum atomic E-state index is -1.17. The fourth-order valence-electron chi connectivity index (χ4n) is 1.10. The number of likely N-dealkylation sites (N-methyl/N-ethyl adjacent to an activating group) is 2. The zero-order chi connectivity index (χ0) is 12.7. The van der Waals surface area contributed by atoms with Crippen LogP contribution in [0.4, 0.5) is 0 Å². The highest BCUT2D eigenvalue weighted by Gasteiger charge is 2.15. The monoisotopic (exact) mass is 230 g/mol. The highest BCUT2D eigenvalue weighted by Crippen LogP contribution is 1.98. The van der Waals surface area contributed by atoms with Crippen molar-refractivity contribution in [2.24, 2.45) is 0 Å². The molecule has 0 heterocycles. The van der Waals surface area contributed by atoms with E-state index >= 15 is 0 Å². The van der Waals surface area contributed by atoms with Gasteiger partial charge in [0.1, 0.15) is 6.61 Å². The maximum absolute atomic E-state index is 11.1. The lowest BCUT2D eigenvalue weighted by atomic mass is 10.4. The van der Waals surface area contributed by atoms with Crippen LogP contribution in [0.25, 0.3) is 0 Å². The van der Waals surface area contributed by atoms with E-state index < -0.39 is 11.9 Å². The molecule has 0 spiro atoms. The van der Waals surface area contributed by atoms with Crippen molar-refractivity contribution in [1.82, 2.24) is 9.80 Å². The largest absolute Gasteiger partial charge is 0.478 e. The van der Waals surface area contributed by atoms with Crippen LogP contribution in [0, 0.1) is 0 Å². The first kappa shape index (κ1) is 14.6. The fraction of sp³-hybridized carbons (Fsp3) is 0.600. The average Bonchev–Trinajstić information content (AvgIpc) is 2.13. The lowest BCUT2D eigenvalue weighted by Gasteiger charge is -2.29. The van der Waals surface area contributed by atoms with Gasteiger partial charge in [0.25, 0.3) is 0 Å². The van der Waals surface area contributed by atoms with Gasteiger partial charge >= 0.3 is 11.9 Å². The van der Waals surface area contributed by atoms with Crippen molar-refractivity contribution < 1.29 is 19.4 Å². The van der Waals surface area contributed by atoms with Crippen LogP contribution in [0.5, 0.6) is 0 Å². The van der Waals surface area contributed by atoms with Crippen LogP contribution in [0.3, 0.4) is 0 Å². The van der Waals surface area contributed by atoms with Gasteiger partial charge in [0.15, 0.2) is 0 Å². The smallest absolute Gasteiger partial charge is 0.331 e. The molecule has 0 aromatic carbocycles. The predicted octanol–water partition coefficient (Wildman–Crippen LogP) is -0.380. The number of rotatable bonds is 6. The molecule has 0 saturated carbocycles. The molecule has 0 saturated heterocycles. The molecular weight excluding hydrogens is 212 g/mol. The number of carboxylic acid groups (broad SMARTS) is 1. The molecule has 0 aromatic heterocycles. The van der Waals surface area contributed by atoms with Crippen LogP contribution in [-0.4, -0.2) is 67.8 Å². The van der Waals surface area contributed by atoms with Gasteiger partial charge in [0.05, 0.1) is 6.17 Å². The summed E-state index contributed by atoms with van der Waals surface area (Å²) < 4.78 is 4.90. The van der Waals surface area contributed by atoms with Gasteiger partial charge in [0, 0.05) is 12.2 Å². The molecule has 6 nitrogen and oxygen atoms in total. The van der Waals surface area contributed by atoms with E-state index in [1.54, 1.807) is 0 Å². The molecular formula is C10H18N2O4. The van der Waals surface area contributed by atoms with Crippen LogP contribution in [0.1, 0.15) is 0 Å². The standard InChI is InChI=1S/C10H18N2O4/c1-11(2)8(12(3)4)7-16-10(15)6-5-9(13)14/h5-6,8H,7H2,1-4H3,(H,13,14)/b6-5+. The minimum Gasteiger partial charge on any atom is -0.478 e. The van der Waals surface area contributed by atoms with Crippen molar-refractivity contribution in [1.29, 1.82) is 0 Å². The number of nitrogens with zero attached hydrogens (tertiary/aromatic N) is 2. The molecule has 0 bridgehead atoms. The second-order valence-corrected chi connectivity index (χ2v) is 3.71. The lowest BCUT2D eigenvalue weighted by molar-refractivity contribution is -0.141. The number of hydrogen-bond donors (Lipinski definition) is 1. The Labute approximate surface area is 95.1 Å². The molecule has 92 valence electrons. The van der Waals surface area contributed by atoms with Crippen molar-refractivity contribution in [2.75, 3.05) is 34.8 Å². The minimum absolute atomic E-state index is 0.0396. The Hall–Kier alpha value is -1.40.